The molecule has 0 aliphatic heterocycles. The summed E-state index contributed by atoms with van der Waals surface area (Å²) in [7, 11) is 1.89. The molecule has 0 saturated heterocycles. The van der Waals surface area contributed by atoms with E-state index in [1.54, 1.807) is 59.9 Å². The zero-order valence-electron chi connectivity index (χ0n) is 37.7. The number of nitrogen functional groups attached to an aromatic ring is 5. The SMILES string of the molecule is C=c1c2cccc(N=Nc3c(SC)cc4c(N=Nc5ccc(N)cc5S)ccc(N)c4c3C)c2c(=C)c2cccc(N=Nc3cc4c(NC)ccc(N)c4cc3SC)c12.Nc1ccc(N)c(S)c1. The number of hydrogen-bond acceptors (Lipinski definition) is 16. The van der Waals surface area contributed by atoms with Crippen LogP contribution in [0.5, 0.6) is 0 Å². The summed E-state index contributed by atoms with van der Waals surface area (Å²) in [5.74, 6) is 0. The molecule has 9 aromatic carbocycles. The molecule has 0 saturated carbocycles. The minimum Gasteiger partial charge on any atom is -0.399 e. The maximum atomic E-state index is 6.61. The Morgan fingerprint density at radius 2 is 1.00 bits per heavy atom. The topological polar surface area (TPSA) is 216 Å². The number of thioether (sulfide) groups is 2. The lowest BCUT2D eigenvalue weighted by molar-refractivity contribution is 1.18. The highest BCUT2D eigenvalue weighted by Crippen LogP contribution is 2.44. The summed E-state index contributed by atoms with van der Waals surface area (Å²) in [5, 5.41) is 40.5. The fourth-order valence-electron chi connectivity index (χ4n) is 8.06. The van der Waals surface area contributed by atoms with E-state index in [0.29, 0.717) is 61.8 Å². The number of thiol groups is 2. The van der Waals surface area contributed by atoms with E-state index >= 15 is 0 Å². The van der Waals surface area contributed by atoms with Crippen molar-refractivity contribution in [1.82, 2.24) is 0 Å². The Labute approximate surface area is 412 Å². The van der Waals surface area contributed by atoms with Gasteiger partial charge in [-0.3, -0.25) is 0 Å². The molecule has 0 radical (unpaired) electrons. The third-order valence-corrected chi connectivity index (χ3v) is 13.8. The van der Waals surface area contributed by atoms with Crippen LogP contribution < -0.4 is 44.4 Å². The van der Waals surface area contributed by atoms with Crippen LogP contribution in [0.25, 0.3) is 56.2 Å². The number of hydrogen-bond donors (Lipinski definition) is 8. The van der Waals surface area contributed by atoms with Crippen LogP contribution in [0.15, 0.2) is 166 Å². The molecule has 0 fully saturated rings. The van der Waals surface area contributed by atoms with Crippen molar-refractivity contribution in [3.8, 4) is 0 Å². The monoisotopic (exact) mass is 968 g/mol. The van der Waals surface area contributed by atoms with Gasteiger partial charge in [-0.2, -0.15) is 0 Å². The van der Waals surface area contributed by atoms with Crippen LogP contribution in [0.3, 0.4) is 0 Å². The van der Waals surface area contributed by atoms with Gasteiger partial charge >= 0.3 is 0 Å². The van der Waals surface area contributed by atoms with Crippen molar-refractivity contribution in [1.29, 1.82) is 0 Å². The molecule has 0 bridgehead atoms. The Hall–Kier alpha value is -7.24. The van der Waals surface area contributed by atoms with E-state index in [-0.39, 0.29) is 0 Å². The molecule has 0 aliphatic rings. The summed E-state index contributed by atoms with van der Waals surface area (Å²) >= 11 is 11.7. The third kappa shape index (κ3) is 9.23. The van der Waals surface area contributed by atoms with Gasteiger partial charge in [-0.05, 0) is 137 Å². The van der Waals surface area contributed by atoms with Crippen LogP contribution in [0, 0.1) is 6.92 Å². The quantitative estimate of drug-likeness (QED) is 0.0228. The summed E-state index contributed by atoms with van der Waals surface area (Å²) in [6.07, 6.45) is 4.03. The molecule has 0 atom stereocenters. The summed E-state index contributed by atoms with van der Waals surface area (Å²) in [6.45, 7) is 11.1. The molecule has 0 amide bonds. The number of rotatable bonds is 9. The largest absolute Gasteiger partial charge is 0.399 e. The predicted molar refractivity (Wildman–Crippen MR) is 299 cm³/mol. The molecule has 9 aromatic rings. The maximum Gasteiger partial charge on any atom is 0.103 e. The molecule has 12 nitrogen and oxygen atoms in total. The van der Waals surface area contributed by atoms with Crippen molar-refractivity contribution >= 4 is 173 Å². The number of nitrogens with two attached hydrogens (primary N) is 5. The first-order valence-electron chi connectivity index (χ1n) is 21.0. The second kappa shape index (κ2) is 19.9. The molecular weight excluding hydrogens is 921 g/mol. The molecule has 0 aromatic heterocycles. The number of anilines is 6. The minimum absolute atomic E-state index is 0.604. The van der Waals surface area contributed by atoms with Gasteiger partial charge in [0.1, 0.15) is 5.69 Å². The molecule has 0 spiro atoms. The Morgan fingerprint density at radius 3 is 1.60 bits per heavy atom. The zero-order chi connectivity index (χ0) is 48.4. The standard InChI is InChI=1S/C46H40N10S3.C6H8N2S/c1-23-28-10-8-12-38(54-56-46-25(3)43-31(22-42(46)59-6)35(18-15-33(43)49)51-52-36-16-13-26(47)19-40(36)57)45(28)24(2)27-9-7-11-37(44(23)27)53-55-39-20-30-29(21-41(39)58-5)32(48)14-17-34(30)50-4;7-4-1-2-5(8)6(9)3-4/h7-22,50,57H,1-2,47-49H2,3-6H3;1-3,9H,7-8H2. The lowest BCUT2D eigenvalue weighted by Crippen LogP contribution is -2.12. The van der Waals surface area contributed by atoms with Crippen LogP contribution in [0.2, 0.25) is 0 Å². The van der Waals surface area contributed by atoms with E-state index < -0.39 is 0 Å². The highest BCUT2D eigenvalue weighted by atomic mass is 32.2. The summed E-state index contributed by atoms with van der Waals surface area (Å²) in [6, 6.07) is 36.1. The minimum atomic E-state index is 0.604. The Kier molecular flexibility index (Phi) is 13.8. The summed E-state index contributed by atoms with van der Waals surface area (Å²) in [4.78, 5) is 3.25. The van der Waals surface area contributed by atoms with Crippen LogP contribution in [-0.4, -0.2) is 19.6 Å². The van der Waals surface area contributed by atoms with Gasteiger partial charge in [0, 0.05) is 93.1 Å². The fourth-order valence-corrected chi connectivity index (χ4v) is 9.72. The molecule has 0 heterocycles. The molecule has 9 rings (SSSR count). The van der Waals surface area contributed by atoms with Crippen LogP contribution in [0.1, 0.15) is 5.56 Å². The van der Waals surface area contributed by atoms with Crippen molar-refractivity contribution in [3.63, 3.8) is 0 Å². The first kappa shape index (κ1) is 47.3. The number of azo groups is 3. The lowest BCUT2D eigenvalue weighted by Gasteiger charge is -2.14. The average molecular weight is 969 g/mol. The fraction of sp³-hybridized carbons (Fsp3) is 0.0769. The molecule has 16 heteroatoms. The number of benzene rings is 9. The van der Waals surface area contributed by atoms with E-state index in [4.69, 9.17) is 49.1 Å². The molecule has 0 aliphatic carbocycles. The Bertz CT molecular complexity index is 3690. The van der Waals surface area contributed by atoms with E-state index in [2.05, 4.69) is 60.0 Å². The number of nitrogens with zero attached hydrogens (tertiary/aromatic N) is 6. The average Bonchev–Trinajstić information content (AvgIpc) is 3.33. The molecule has 68 heavy (non-hydrogen) atoms. The van der Waals surface area contributed by atoms with Gasteiger partial charge in [0.2, 0.25) is 0 Å². The van der Waals surface area contributed by atoms with Gasteiger partial charge < -0.3 is 34.0 Å². The van der Waals surface area contributed by atoms with Gasteiger partial charge in [-0.25, -0.2) is 0 Å². The van der Waals surface area contributed by atoms with Crippen LogP contribution in [-0.2, 0) is 0 Å². The van der Waals surface area contributed by atoms with Gasteiger partial charge in [-0.15, -0.1) is 79.5 Å². The van der Waals surface area contributed by atoms with Crippen molar-refractivity contribution in [2.75, 3.05) is 53.5 Å². The number of aryl methyl sites for hydroxylation is 1. The van der Waals surface area contributed by atoms with Crippen LogP contribution >= 0.6 is 48.8 Å². The smallest absolute Gasteiger partial charge is 0.103 e. The van der Waals surface area contributed by atoms with E-state index in [1.807, 2.05) is 99.3 Å². The van der Waals surface area contributed by atoms with Crippen molar-refractivity contribution < 1.29 is 0 Å². The number of fused-ring (bicyclic) bond motifs is 4. The van der Waals surface area contributed by atoms with E-state index in [1.165, 1.54) is 0 Å². The predicted octanol–water partition coefficient (Wildman–Crippen LogP) is 14.3. The Balaban J connectivity index is 0.000000624. The number of nitrogens with one attached hydrogen (secondary N) is 1. The van der Waals surface area contributed by atoms with Crippen molar-refractivity contribution in [3.05, 3.63) is 131 Å². The molecular formula is C52H48N12S4. The molecule has 340 valence electrons. The summed E-state index contributed by atoms with van der Waals surface area (Å²) in [5.41, 5.74) is 39.0. The maximum absolute atomic E-state index is 6.61. The highest BCUT2D eigenvalue weighted by molar-refractivity contribution is 7.99. The molecule has 0 unspecified atom stereocenters. The summed E-state index contributed by atoms with van der Waals surface area (Å²) < 4.78 is 0. The zero-order valence-corrected chi connectivity index (χ0v) is 41.1. The second-order valence-corrected chi connectivity index (χ2v) is 18.4. The van der Waals surface area contributed by atoms with Gasteiger partial charge in [-0.1, -0.05) is 37.4 Å². The van der Waals surface area contributed by atoms with Crippen molar-refractivity contribution in [2.45, 2.75) is 26.5 Å². The normalized spacial score (nSPS) is 11.7. The van der Waals surface area contributed by atoms with Gasteiger partial charge in [0.15, 0.2) is 0 Å². The first-order valence-corrected chi connectivity index (χ1v) is 24.4. The van der Waals surface area contributed by atoms with Gasteiger partial charge in [0.05, 0.1) is 28.4 Å². The van der Waals surface area contributed by atoms with Crippen LogP contribution in [0.4, 0.5) is 68.2 Å². The highest BCUT2D eigenvalue weighted by Gasteiger charge is 2.17. The molecule has 11 N–H and O–H groups in total. The van der Waals surface area contributed by atoms with Crippen molar-refractivity contribution in [2.24, 2.45) is 30.7 Å². The Morgan fingerprint density at radius 1 is 0.471 bits per heavy atom. The van der Waals surface area contributed by atoms with E-state index in [9.17, 15) is 0 Å². The second-order valence-electron chi connectivity index (χ2n) is 15.7. The third-order valence-electron chi connectivity index (χ3n) is 11.5. The lowest BCUT2D eigenvalue weighted by atomic mass is 9.97. The van der Waals surface area contributed by atoms with E-state index in [0.717, 1.165) is 85.2 Å². The van der Waals surface area contributed by atoms with Gasteiger partial charge in [0.25, 0.3) is 0 Å². The first-order chi connectivity index (χ1) is 32.7.